The molecule has 31 heavy (non-hydrogen) atoms. The number of hydrogen-bond acceptors (Lipinski definition) is 6. The number of ether oxygens (including phenoxy) is 1. The van der Waals surface area contributed by atoms with Crippen LogP contribution in [0.3, 0.4) is 0 Å². The van der Waals surface area contributed by atoms with Crippen molar-refractivity contribution in [3.05, 3.63) is 48.8 Å². The Morgan fingerprint density at radius 2 is 1.97 bits per heavy atom. The molecule has 0 spiro atoms. The average molecular weight is 438 g/mol. The van der Waals surface area contributed by atoms with Crippen LogP contribution < -0.4 is 4.74 Å². The topological polar surface area (TPSA) is 73.1 Å². The minimum Gasteiger partial charge on any atom is -0.497 e. The van der Waals surface area contributed by atoms with E-state index < -0.39 is 0 Å². The van der Waals surface area contributed by atoms with Gasteiger partial charge in [-0.05, 0) is 57.4 Å². The van der Waals surface area contributed by atoms with Crippen molar-refractivity contribution in [2.24, 2.45) is 0 Å². The molecule has 1 fully saturated rings. The maximum Gasteiger partial charge on any atom is 0.233 e. The number of amides is 1. The van der Waals surface area contributed by atoms with E-state index in [1.807, 2.05) is 45.9 Å². The minimum absolute atomic E-state index is 0.146. The van der Waals surface area contributed by atoms with Gasteiger partial charge >= 0.3 is 0 Å². The third-order valence-corrected chi connectivity index (χ3v) is 6.58. The summed E-state index contributed by atoms with van der Waals surface area (Å²) in [4.78, 5) is 19.3. The number of likely N-dealkylation sites (tertiary alicyclic amines) is 1. The highest BCUT2D eigenvalue weighted by Crippen LogP contribution is 2.30. The standard InChI is InChI=1S/C23H27N5O2S/c1-16-7-4-8-17(2)27(16)21(29)15-31-23-26-25-22(18-9-6-12-24-14-18)28(23)19-10-5-11-20(13-19)30-3/h5-6,9-14,16-17H,4,7-8,15H2,1-3H3/t16-,17-/m1/s1. The number of rotatable bonds is 6. The molecule has 1 aliphatic rings. The summed E-state index contributed by atoms with van der Waals surface area (Å²) in [6.07, 6.45) is 6.79. The van der Waals surface area contributed by atoms with Crippen LogP contribution in [-0.2, 0) is 4.79 Å². The largest absolute Gasteiger partial charge is 0.497 e. The lowest BCUT2D eigenvalue weighted by Crippen LogP contribution is -2.48. The molecule has 2 aromatic heterocycles. The third-order valence-electron chi connectivity index (χ3n) is 5.67. The smallest absolute Gasteiger partial charge is 0.233 e. The highest BCUT2D eigenvalue weighted by atomic mass is 32.2. The quantitative estimate of drug-likeness (QED) is 0.538. The van der Waals surface area contributed by atoms with Crippen LogP contribution >= 0.6 is 11.8 Å². The van der Waals surface area contributed by atoms with Gasteiger partial charge in [-0.3, -0.25) is 14.3 Å². The molecule has 1 saturated heterocycles. The molecule has 0 bridgehead atoms. The number of carbonyl (C=O) groups excluding carboxylic acids is 1. The zero-order valence-electron chi connectivity index (χ0n) is 18.1. The monoisotopic (exact) mass is 437 g/mol. The van der Waals surface area contributed by atoms with Gasteiger partial charge < -0.3 is 9.64 Å². The number of benzene rings is 1. The normalized spacial score (nSPS) is 18.7. The number of pyridine rings is 1. The molecular formula is C23H27N5O2S. The molecule has 162 valence electrons. The van der Waals surface area contributed by atoms with E-state index >= 15 is 0 Å². The molecule has 0 N–H and O–H groups in total. The molecule has 7 nitrogen and oxygen atoms in total. The van der Waals surface area contributed by atoms with Crippen molar-refractivity contribution in [3.8, 4) is 22.8 Å². The van der Waals surface area contributed by atoms with Crippen LogP contribution in [0, 0.1) is 0 Å². The summed E-state index contributed by atoms with van der Waals surface area (Å²) >= 11 is 1.41. The van der Waals surface area contributed by atoms with Crippen LogP contribution in [0.1, 0.15) is 33.1 Å². The van der Waals surface area contributed by atoms with Crippen molar-refractivity contribution in [1.82, 2.24) is 24.6 Å². The molecule has 3 heterocycles. The Hall–Kier alpha value is -2.87. The van der Waals surface area contributed by atoms with E-state index in [9.17, 15) is 4.79 Å². The maximum absolute atomic E-state index is 13.0. The van der Waals surface area contributed by atoms with Crippen LogP contribution in [0.2, 0.25) is 0 Å². The Morgan fingerprint density at radius 1 is 1.16 bits per heavy atom. The fourth-order valence-electron chi connectivity index (χ4n) is 4.14. The molecule has 0 saturated carbocycles. The summed E-state index contributed by atoms with van der Waals surface area (Å²) in [5.41, 5.74) is 1.73. The van der Waals surface area contributed by atoms with E-state index in [0.29, 0.717) is 16.7 Å². The average Bonchev–Trinajstić information content (AvgIpc) is 3.22. The molecule has 4 rings (SSSR count). The van der Waals surface area contributed by atoms with E-state index in [4.69, 9.17) is 4.74 Å². The van der Waals surface area contributed by atoms with E-state index in [0.717, 1.165) is 29.8 Å². The second kappa shape index (κ2) is 9.51. The van der Waals surface area contributed by atoms with Gasteiger partial charge in [0.25, 0.3) is 0 Å². The Bertz CT molecular complexity index is 1030. The SMILES string of the molecule is COc1cccc(-n2c(SCC(=O)N3[C@H](C)CCC[C@H]3C)nnc2-c2cccnc2)c1. The molecule has 3 aromatic rings. The van der Waals surface area contributed by atoms with E-state index in [1.165, 1.54) is 18.2 Å². The number of piperidine rings is 1. The van der Waals surface area contributed by atoms with Gasteiger partial charge in [0.1, 0.15) is 5.75 Å². The van der Waals surface area contributed by atoms with Gasteiger partial charge in [-0.2, -0.15) is 0 Å². The second-order valence-electron chi connectivity index (χ2n) is 7.80. The van der Waals surface area contributed by atoms with Gasteiger partial charge in [-0.15, -0.1) is 10.2 Å². The third kappa shape index (κ3) is 4.58. The minimum atomic E-state index is 0.146. The summed E-state index contributed by atoms with van der Waals surface area (Å²) in [6, 6.07) is 12.1. The molecule has 0 radical (unpaired) electrons. The second-order valence-corrected chi connectivity index (χ2v) is 8.75. The molecule has 1 aromatic carbocycles. The molecule has 0 aliphatic carbocycles. The lowest BCUT2D eigenvalue weighted by atomic mass is 9.98. The number of methoxy groups -OCH3 is 1. The van der Waals surface area contributed by atoms with Crippen molar-refractivity contribution in [1.29, 1.82) is 0 Å². The highest BCUT2D eigenvalue weighted by Gasteiger charge is 2.29. The van der Waals surface area contributed by atoms with Crippen molar-refractivity contribution in [3.63, 3.8) is 0 Å². The first-order chi connectivity index (χ1) is 15.1. The van der Waals surface area contributed by atoms with Crippen LogP contribution in [0.4, 0.5) is 0 Å². The summed E-state index contributed by atoms with van der Waals surface area (Å²) < 4.78 is 7.36. The zero-order chi connectivity index (χ0) is 21.8. The van der Waals surface area contributed by atoms with Crippen LogP contribution in [0.15, 0.2) is 53.9 Å². The van der Waals surface area contributed by atoms with Crippen LogP contribution in [-0.4, -0.2) is 55.5 Å². The van der Waals surface area contributed by atoms with Crippen molar-refractivity contribution >= 4 is 17.7 Å². The fraction of sp³-hybridized carbons (Fsp3) is 0.391. The van der Waals surface area contributed by atoms with Crippen LogP contribution in [0.25, 0.3) is 17.1 Å². The van der Waals surface area contributed by atoms with Gasteiger partial charge in [0, 0.05) is 36.1 Å². The van der Waals surface area contributed by atoms with Gasteiger partial charge in [0.05, 0.1) is 18.6 Å². The van der Waals surface area contributed by atoms with Gasteiger partial charge in [0.15, 0.2) is 11.0 Å². The predicted octanol–water partition coefficient (Wildman–Crippen LogP) is 4.22. The van der Waals surface area contributed by atoms with E-state index in [1.54, 1.807) is 19.5 Å². The predicted molar refractivity (Wildman–Crippen MR) is 121 cm³/mol. The molecule has 1 amide bonds. The number of hydrogen-bond donors (Lipinski definition) is 0. The van der Waals surface area contributed by atoms with Gasteiger partial charge in [-0.25, -0.2) is 0 Å². The van der Waals surface area contributed by atoms with Crippen molar-refractivity contribution < 1.29 is 9.53 Å². The van der Waals surface area contributed by atoms with E-state index in [2.05, 4.69) is 29.0 Å². The summed E-state index contributed by atoms with van der Waals surface area (Å²) in [5, 5.41) is 9.51. The Morgan fingerprint density at radius 3 is 2.68 bits per heavy atom. The lowest BCUT2D eigenvalue weighted by molar-refractivity contribution is -0.134. The fourth-order valence-corrected chi connectivity index (χ4v) is 4.96. The van der Waals surface area contributed by atoms with Crippen molar-refractivity contribution in [2.75, 3.05) is 12.9 Å². The lowest BCUT2D eigenvalue weighted by Gasteiger charge is -2.39. The molecule has 8 heteroatoms. The number of aromatic nitrogens is 4. The van der Waals surface area contributed by atoms with Gasteiger partial charge in [0.2, 0.25) is 5.91 Å². The molecule has 1 aliphatic heterocycles. The zero-order valence-corrected chi connectivity index (χ0v) is 18.9. The molecular weight excluding hydrogens is 410 g/mol. The van der Waals surface area contributed by atoms with Crippen molar-refractivity contribution in [2.45, 2.75) is 50.4 Å². The Kier molecular flexibility index (Phi) is 6.56. The summed E-state index contributed by atoms with van der Waals surface area (Å²) in [5.74, 6) is 1.89. The first kappa shape index (κ1) is 21.4. The first-order valence-electron chi connectivity index (χ1n) is 10.5. The maximum atomic E-state index is 13.0. The first-order valence-corrected chi connectivity index (χ1v) is 11.5. The highest BCUT2D eigenvalue weighted by molar-refractivity contribution is 7.99. The van der Waals surface area contributed by atoms with Crippen LogP contribution in [0.5, 0.6) is 5.75 Å². The number of thioether (sulfide) groups is 1. The van der Waals surface area contributed by atoms with Gasteiger partial charge in [-0.1, -0.05) is 17.8 Å². The Balaban J connectivity index is 1.64. The molecule has 2 atom stereocenters. The number of nitrogens with zero attached hydrogens (tertiary/aromatic N) is 5. The Labute approximate surface area is 186 Å². The summed E-state index contributed by atoms with van der Waals surface area (Å²) in [7, 11) is 1.64. The number of carbonyl (C=O) groups is 1. The molecule has 0 unspecified atom stereocenters. The van der Waals surface area contributed by atoms with E-state index in [-0.39, 0.29) is 18.0 Å². The summed E-state index contributed by atoms with van der Waals surface area (Å²) in [6.45, 7) is 4.27.